The summed E-state index contributed by atoms with van der Waals surface area (Å²) in [6.45, 7) is 8.61. The maximum absolute atomic E-state index is 6.63. The molecule has 1 fully saturated rings. The highest BCUT2D eigenvalue weighted by Gasteiger charge is 2.53. The standard InChI is InChI=1S/C29H28BNO2/c1-5-29(4)28(2,3)32-30(33-29)25-19-24-22-16-11-12-18-26(22)31(20-13-7-6-8-14-20)27(24)23-17-10-9-15-21(23)25/h6-19H,5H2,1-4H3. The van der Waals surface area contributed by atoms with E-state index in [1.807, 2.05) is 0 Å². The second-order valence-electron chi connectivity index (χ2n) is 9.76. The Hall–Kier alpha value is -3.08. The first kappa shape index (κ1) is 20.5. The van der Waals surface area contributed by atoms with E-state index in [0.717, 1.165) is 17.6 Å². The Bertz CT molecular complexity index is 1500. The lowest BCUT2D eigenvalue weighted by atomic mass is 9.75. The van der Waals surface area contributed by atoms with Gasteiger partial charge in [0.05, 0.1) is 22.2 Å². The third kappa shape index (κ3) is 2.91. The van der Waals surface area contributed by atoms with Crippen molar-refractivity contribution in [2.24, 2.45) is 0 Å². The Labute approximate surface area is 195 Å². The van der Waals surface area contributed by atoms with E-state index in [-0.39, 0.29) is 11.2 Å². The first-order valence-corrected chi connectivity index (χ1v) is 11.8. The topological polar surface area (TPSA) is 23.4 Å². The van der Waals surface area contributed by atoms with Crippen LogP contribution in [0.1, 0.15) is 34.1 Å². The Morgan fingerprint density at radius 3 is 2.06 bits per heavy atom. The summed E-state index contributed by atoms with van der Waals surface area (Å²) in [5, 5.41) is 4.84. The van der Waals surface area contributed by atoms with Gasteiger partial charge in [0.1, 0.15) is 0 Å². The maximum Gasteiger partial charge on any atom is 0.495 e. The van der Waals surface area contributed by atoms with Crippen molar-refractivity contribution in [2.75, 3.05) is 0 Å². The summed E-state index contributed by atoms with van der Waals surface area (Å²) in [5.41, 5.74) is 3.96. The highest BCUT2D eigenvalue weighted by atomic mass is 16.7. The molecule has 1 unspecified atom stereocenters. The molecule has 6 rings (SSSR count). The van der Waals surface area contributed by atoms with E-state index in [0.29, 0.717) is 0 Å². The number of aromatic nitrogens is 1. The minimum atomic E-state index is -0.405. The van der Waals surface area contributed by atoms with Gasteiger partial charge in [-0.1, -0.05) is 73.7 Å². The molecular formula is C29H28BNO2. The second kappa shape index (κ2) is 7.21. The lowest BCUT2D eigenvalue weighted by Gasteiger charge is -2.35. The van der Waals surface area contributed by atoms with Crippen LogP contribution in [0.15, 0.2) is 84.9 Å². The van der Waals surface area contributed by atoms with Crippen molar-refractivity contribution < 1.29 is 9.31 Å². The highest BCUT2D eigenvalue weighted by Crippen LogP contribution is 2.41. The zero-order chi connectivity index (χ0) is 22.8. The van der Waals surface area contributed by atoms with Crippen LogP contribution in [-0.2, 0) is 9.31 Å². The molecule has 164 valence electrons. The van der Waals surface area contributed by atoms with Crippen molar-refractivity contribution in [3.8, 4) is 5.69 Å². The van der Waals surface area contributed by atoms with E-state index in [1.54, 1.807) is 0 Å². The van der Waals surface area contributed by atoms with Crippen LogP contribution in [0, 0.1) is 0 Å². The van der Waals surface area contributed by atoms with E-state index >= 15 is 0 Å². The van der Waals surface area contributed by atoms with Crippen LogP contribution >= 0.6 is 0 Å². The molecule has 0 aliphatic carbocycles. The first-order chi connectivity index (χ1) is 15.9. The molecule has 1 saturated heterocycles. The smallest absolute Gasteiger partial charge is 0.399 e. The summed E-state index contributed by atoms with van der Waals surface area (Å²) in [4.78, 5) is 0. The highest BCUT2D eigenvalue weighted by molar-refractivity contribution is 6.66. The summed E-state index contributed by atoms with van der Waals surface area (Å²) in [6.07, 6.45) is 0.893. The summed E-state index contributed by atoms with van der Waals surface area (Å²) >= 11 is 0. The van der Waals surface area contributed by atoms with Crippen molar-refractivity contribution >= 4 is 45.2 Å². The molecule has 0 saturated carbocycles. The van der Waals surface area contributed by atoms with Gasteiger partial charge in [-0.3, -0.25) is 0 Å². The molecule has 0 radical (unpaired) electrons. The van der Waals surface area contributed by atoms with Gasteiger partial charge in [-0.05, 0) is 56.2 Å². The molecule has 1 atom stereocenters. The molecule has 0 bridgehead atoms. The normalized spacial score (nSPS) is 20.3. The fourth-order valence-electron chi connectivity index (χ4n) is 5.32. The van der Waals surface area contributed by atoms with E-state index < -0.39 is 7.12 Å². The van der Waals surface area contributed by atoms with Gasteiger partial charge < -0.3 is 13.9 Å². The quantitative estimate of drug-likeness (QED) is 0.298. The minimum absolute atomic E-state index is 0.342. The Morgan fingerprint density at radius 1 is 0.727 bits per heavy atom. The van der Waals surface area contributed by atoms with Crippen molar-refractivity contribution in [2.45, 2.75) is 45.3 Å². The summed E-state index contributed by atoms with van der Waals surface area (Å²) in [7, 11) is -0.405. The average molecular weight is 433 g/mol. The first-order valence-electron chi connectivity index (χ1n) is 11.8. The van der Waals surface area contributed by atoms with Gasteiger partial charge in [-0.2, -0.15) is 0 Å². The number of para-hydroxylation sites is 2. The molecule has 5 aromatic rings. The summed E-state index contributed by atoms with van der Waals surface area (Å²) in [5.74, 6) is 0. The predicted molar refractivity (Wildman–Crippen MR) is 139 cm³/mol. The van der Waals surface area contributed by atoms with Crippen LogP contribution in [0.5, 0.6) is 0 Å². The Balaban J connectivity index is 1.71. The molecular weight excluding hydrogens is 405 g/mol. The SMILES string of the molecule is CCC1(C)OB(c2cc3c4ccccc4n(-c4ccccc4)c3c3ccccc23)OC1(C)C. The van der Waals surface area contributed by atoms with Crippen molar-refractivity contribution in [1.29, 1.82) is 0 Å². The van der Waals surface area contributed by atoms with Crippen molar-refractivity contribution in [3.05, 3.63) is 84.9 Å². The summed E-state index contributed by atoms with van der Waals surface area (Å²) in [6, 6.07) is 30.2. The fourth-order valence-corrected chi connectivity index (χ4v) is 5.32. The molecule has 2 heterocycles. The molecule has 4 heteroatoms. The predicted octanol–water partition coefficient (Wildman–Crippen LogP) is 6.63. The molecule has 0 spiro atoms. The van der Waals surface area contributed by atoms with Gasteiger partial charge in [-0.15, -0.1) is 0 Å². The number of fused-ring (bicyclic) bond motifs is 5. The number of benzene rings is 4. The Morgan fingerprint density at radius 2 is 1.36 bits per heavy atom. The number of hydrogen-bond donors (Lipinski definition) is 0. The molecule has 1 aliphatic rings. The van der Waals surface area contributed by atoms with E-state index in [2.05, 4.69) is 117 Å². The third-order valence-corrected chi connectivity index (χ3v) is 7.69. The second-order valence-corrected chi connectivity index (χ2v) is 9.76. The molecule has 3 nitrogen and oxygen atoms in total. The zero-order valence-electron chi connectivity index (χ0n) is 19.6. The van der Waals surface area contributed by atoms with Gasteiger partial charge in [0.2, 0.25) is 0 Å². The van der Waals surface area contributed by atoms with Crippen LogP contribution in [-0.4, -0.2) is 22.9 Å². The summed E-state index contributed by atoms with van der Waals surface area (Å²) < 4.78 is 15.6. The lowest BCUT2D eigenvalue weighted by molar-refractivity contribution is -0.0118. The van der Waals surface area contributed by atoms with Crippen LogP contribution in [0.3, 0.4) is 0 Å². The van der Waals surface area contributed by atoms with Crippen molar-refractivity contribution in [1.82, 2.24) is 4.57 Å². The van der Waals surface area contributed by atoms with Crippen molar-refractivity contribution in [3.63, 3.8) is 0 Å². The van der Waals surface area contributed by atoms with Crippen LogP contribution in [0.25, 0.3) is 38.3 Å². The van der Waals surface area contributed by atoms with E-state index in [4.69, 9.17) is 9.31 Å². The van der Waals surface area contributed by atoms with Crippen LogP contribution in [0.2, 0.25) is 0 Å². The van der Waals surface area contributed by atoms with Crippen LogP contribution in [0.4, 0.5) is 0 Å². The van der Waals surface area contributed by atoms with E-state index in [9.17, 15) is 0 Å². The van der Waals surface area contributed by atoms with Gasteiger partial charge in [0.15, 0.2) is 0 Å². The van der Waals surface area contributed by atoms with Gasteiger partial charge in [0, 0.05) is 21.8 Å². The van der Waals surface area contributed by atoms with Crippen LogP contribution < -0.4 is 5.46 Å². The van der Waals surface area contributed by atoms with Gasteiger partial charge in [-0.25, -0.2) is 0 Å². The number of hydrogen-bond acceptors (Lipinski definition) is 2. The fraction of sp³-hybridized carbons (Fsp3) is 0.241. The average Bonchev–Trinajstić information content (AvgIpc) is 3.30. The molecule has 0 N–H and O–H groups in total. The van der Waals surface area contributed by atoms with Gasteiger partial charge >= 0.3 is 7.12 Å². The third-order valence-electron chi connectivity index (χ3n) is 7.69. The minimum Gasteiger partial charge on any atom is -0.399 e. The van der Waals surface area contributed by atoms with E-state index in [1.165, 1.54) is 32.6 Å². The molecule has 1 aromatic heterocycles. The maximum atomic E-state index is 6.63. The number of nitrogens with zero attached hydrogens (tertiary/aromatic N) is 1. The monoisotopic (exact) mass is 433 g/mol. The van der Waals surface area contributed by atoms with Gasteiger partial charge in [0.25, 0.3) is 0 Å². The molecule has 4 aromatic carbocycles. The molecule has 0 amide bonds. The lowest BCUT2D eigenvalue weighted by Crippen LogP contribution is -2.44. The molecule has 33 heavy (non-hydrogen) atoms. The zero-order valence-corrected chi connectivity index (χ0v) is 19.6. The largest absolute Gasteiger partial charge is 0.495 e. The molecule has 1 aliphatic heterocycles. The number of rotatable bonds is 3. The Kier molecular flexibility index (Phi) is 4.49.